The molecule has 4 aromatic carbocycles. The van der Waals surface area contributed by atoms with Gasteiger partial charge in [0.25, 0.3) is 5.91 Å². The fraction of sp³-hybridized carbons (Fsp3) is 0.226. The Labute approximate surface area is 224 Å². The summed E-state index contributed by atoms with van der Waals surface area (Å²) < 4.78 is 26.5. The standard InChI is InChI=1S/C31H32N2O4S/c1-31(2,3)21-38(36,37)28-19-11-16-24-25(28)17-10-18-26(24)32-30(35)27(20-22-12-6-4-7-13-22)33-29(34)23-14-8-5-9-15-23/h4-19,27H,20-21H2,1-3H3,(H,32,35)(H,33,34)/t27-/m0/s1. The first-order valence-electron chi connectivity index (χ1n) is 12.5. The highest BCUT2D eigenvalue weighted by atomic mass is 32.2. The second-order valence-electron chi connectivity index (χ2n) is 10.5. The molecule has 7 heteroatoms. The van der Waals surface area contributed by atoms with Gasteiger partial charge in [-0.2, -0.15) is 0 Å². The van der Waals surface area contributed by atoms with Gasteiger partial charge in [-0.15, -0.1) is 0 Å². The van der Waals surface area contributed by atoms with Crippen LogP contribution in [0.2, 0.25) is 0 Å². The monoisotopic (exact) mass is 528 g/mol. The van der Waals surface area contributed by atoms with Crippen molar-refractivity contribution >= 4 is 38.1 Å². The fourth-order valence-corrected chi connectivity index (χ4v) is 6.51. The Balaban J connectivity index is 1.66. The molecule has 0 aliphatic heterocycles. The molecule has 0 saturated carbocycles. The smallest absolute Gasteiger partial charge is 0.251 e. The van der Waals surface area contributed by atoms with Crippen molar-refractivity contribution in [2.45, 2.75) is 38.1 Å². The Bertz CT molecular complexity index is 1540. The van der Waals surface area contributed by atoms with Crippen LogP contribution in [0.3, 0.4) is 0 Å². The molecule has 2 N–H and O–H groups in total. The molecule has 196 valence electrons. The van der Waals surface area contributed by atoms with Crippen LogP contribution in [-0.4, -0.2) is 32.0 Å². The molecule has 0 saturated heterocycles. The molecule has 0 aliphatic rings. The second kappa shape index (κ2) is 11.2. The Hall–Kier alpha value is -3.97. The summed E-state index contributed by atoms with van der Waals surface area (Å²) in [6, 6.07) is 27.6. The molecule has 0 bridgehead atoms. The molecule has 0 spiro atoms. The number of nitrogens with one attached hydrogen (secondary N) is 2. The summed E-state index contributed by atoms with van der Waals surface area (Å²) >= 11 is 0. The van der Waals surface area contributed by atoms with Gasteiger partial charge in [-0.1, -0.05) is 93.6 Å². The molecule has 38 heavy (non-hydrogen) atoms. The normalized spacial score (nSPS) is 12.6. The molecule has 0 aliphatic carbocycles. The molecule has 0 aromatic heterocycles. The first kappa shape index (κ1) is 27.1. The maximum Gasteiger partial charge on any atom is 0.251 e. The third-order valence-electron chi connectivity index (χ3n) is 6.04. The Morgan fingerprint density at radius 1 is 0.763 bits per heavy atom. The lowest BCUT2D eigenvalue weighted by molar-refractivity contribution is -0.118. The number of benzene rings is 4. The summed E-state index contributed by atoms with van der Waals surface area (Å²) in [4.78, 5) is 26.7. The number of fused-ring (bicyclic) bond motifs is 1. The number of amides is 2. The van der Waals surface area contributed by atoms with Crippen LogP contribution in [-0.2, 0) is 21.1 Å². The van der Waals surface area contributed by atoms with Gasteiger partial charge in [-0.3, -0.25) is 9.59 Å². The minimum absolute atomic E-state index is 0.000364. The van der Waals surface area contributed by atoms with Gasteiger partial charge in [0.15, 0.2) is 9.84 Å². The quantitative estimate of drug-likeness (QED) is 0.310. The zero-order valence-electron chi connectivity index (χ0n) is 21.8. The third kappa shape index (κ3) is 6.66. The van der Waals surface area contributed by atoms with E-state index < -0.39 is 27.2 Å². The number of carbonyl (C=O) groups is 2. The van der Waals surface area contributed by atoms with Crippen molar-refractivity contribution in [3.05, 3.63) is 108 Å². The zero-order valence-corrected chi connectivity index (χ0v) is 22.6. The molecule has 0 unspecified atom stereocenters. The molecule has 2 amide bonds. The van der Waals surface area contributed by atoms with Crippen LogP contribution in [0.5, 0.6) is 0 Å². The van der Waals surface area contributed by atoms with E-state index in [1.807, 2.05) is 57.2 Å². The largest absolute Gasteiger partial charge is 0.340 e. The van der Waals surface area contributed by atoms with Gasteiger partial charge in [0, 0.05) is 28.4 Å². The summed E-state index contributed by atoms with van der Waals surface area (Å²) in [5.74, 6) is -0.746. The molecular weight excluding hydrogens is 496 g/mol. The average Bonchev–Trinajstić information content (AvgIpc) is 2.88. The Kier molecular flexibility index (Phi) is 7.97. The van der Waals surface area contributed by atoms with E-state index in [0.29, 0.717) is 28.4 Å². The van der Waals surface area contributed by atoms with Gasteiger partial charge in [0.1, 0.15) is 6.04 Å². The van der Waals surface area contributed by atoms with Crippen LogP contribution >= 0.6 is 0 Å². The summed E-state index contributed by atoms with van der Waals surface area (Å²) in [5, 5.41) is 6.96. The van der Waals surface area contributed by atoms with Gasteiger partial charge >= 0.3 is 0 Å². The molecule has 0 heterocycles. The van der Waals surface area contributed by atoms with E-state index >= 15 is 0 Å². The van der Waals surface area contributed by atoms with E-state index in [-0.39, 0.29) is 16.6 Å². The minimum Gasteiger partial charge on any atom is -0.340 e. The van der Waals surface area contributed by atoms with E-state index in [1.54, 1.807) is 60.7 Å². The van der Waals surface area contributed by atoms with Crippen LogP contribution in [0, 0.1) is 5.41 Å². The SMILES string of the molecule is CC(C)(C)CS(=O)(=O)c1cccc2c(NC(=O)[C@H](Cc3ccccc3)NC(=O)c3ccccc3)cccc12. The second-order valence-corrected chi connectivity index (χ2v) is 12.5. The number of hydrogen-bond acceptors (Lipinski definition) is 4. The van der Waals surface area contributed by atoms with E-state index in [1.165, 1.54) is 0 Å². The number of sulfone groups is 1. The van der Waals surface area contributed by atoms with Gasteiger partial charge in [-0.25, -0.2) is 8.42 Å². The van der Waals surface area contributed by atoms with E-state index in [2.05, 4.69) is 10.6 Å². The highest BCUT2D eigenvalue weighted by Gasteiger charge is 2.26. The van der Waals surface area contributed by atoms with Gasteiger partial charge < -0.3 is 10.6 Å². The number of hydrogen-bond donors (Lipinski definition) is 2. The van der Waals surface area contributed by atoms with Crippen LogP contribution in [0.4, 0.5) is 5.69 Å². The van der Waals surface area contributed by atoms with Crippen molar-refractivity contribution in [2.24, 2.45) is 5.41 Å². The molecule has 0 radical (unpaired) electrons. The highest BCUT2D eigenvalue weighted by Crippen LogP contribution is 2.31. The zero-order chi connectivity index (χ0) is 27.3. The van der Waals surface area contributed by atoms with Crippen LogP contribution in [0.15, 0.2) is 102 Å². The summed E-state index contributed by atoms with van der Waals surface area (Å²) in [6.07, 6.45) is 0.293. The van der Waals surface area contributed by atoms with Crippen molar-refractivity contribution < 1.29 is 18.0 Å². The summed E-state index contributed by atoms with van der Waals surface area (Å²) in [5.41, 5.74) is 1.42. The van der Waals surface area contributed by atoms with Crippen molar-refractivity contribution in [3.8, 4) is 0 Å². The summed E-state index contributed by atoms with van der Waals surface area (Å²) in [6.45, 7) is 5.66. The lowest BCUT2D eigenvalue weighted by Gasteiger charge is -2.21. The number of carbonyl (C=O) groups excluding carboxylic acids is 2. The molecule has 1 atom stereocenters. The van der Waals surface area contributed by atoms with E-state index in [0.717, 1.165) is 5.56 Å². The highest BCUT2D eigenvalue weighted by molar-refractivity contribution is 7.91. The predicted molar refractivity (Wildman–Crippen MR) is 152 cm³/mol. The lowest BCUT2D eigenvalue weighted by Crippen LogP contribution is -2.45. The Morgan fingerprint density at radius 3 is 2.03 bits per heavy atom. The van der Waals surface area contributed by atoms with E-state index in [9.17, 15) is 18.0 Å². The first-order chi connectivity index (χ1) is 18.0. The molecule has 4 aromatic rings. The fourth-order valence-electron chi connectivity index (χ4n) is 4.42. The summed E-state index contributed by atoms with van der Waals surface area (Å²) in [7, 11) is -3.56. The van der Waals surface area contributed by atoms with Crippen molar-refractivity contribution in [1.82, 2.24) is 5.32 Å². The van der Waals surface area contributed by atoms with Crippen LogP contribution in [0.25, 0.3) is 10.8 Å². The van der Waals surface area contributed by atoms with Crippen LogP contribution in [0.1, 0.15) is 36.7 Å². The number of rotatable bonds is 8. The van der Waals surface area contributed by atoms with Crippen LogP contribution < -0.4 is 10.6 Å². The van der Waals surface area contributed by atoms with Gasteiger partial charge in [0.05, 0.1) is 10.6 Å². The van der Waals surface area contributed by atoms with Gasteiger partial charge in [0.2, 0.25) is 5.91 Å². The molecule has 6 nitrogen and oxygen atoms in total. The first-order valence-corrected chi connectivity index (χ1v) is 14.1. The van der Waals surface area contributed by atoms with Crippen molar-refractivity contribution in [1.29, 1.82) is 0 Å². The minimum atomic E-state index is -3.56. The van der Waals surface area contributed by atoms with Crippen molar-refractivity contribution in [2.75, 3.05) is 11.1 Å². The molecule has 0 fully saturated rings. The van der Waals surface area contributed by atoms with Crippen molar-refractivity contribution in [3.63, 3.8) is 0 Å². The van der Waals surface area contributed by atoms with E-state index in [4.69, 9.17) is 0 Å². The maximum absolute atomic E-state index is 13.6. The lowest BCUT2D eigenvalue weighted by atomic mass is 10.0. The van der Waals surface area contributed by atoms with Gasteiger partial charge in [-0.05, 0) is 35.2 Å². The maximum atomic E-state index is 13.6. The average molecular weight is 529 g/mol. The molecule has 4 rings (SSSR count). The Morgan fingerprint density at radius 2 is 1.37 bits per heavy atom. The molecular formula is C31H32N2O4S. The predicted octanol–water partition coefficient (Wildman–Crippen LogP) is 5.64. The third-order valence-corrected chi connectivity index (χ3v) is 8.31. The number of anilines is 1. The topological polar surface area (TPSA) is 92.3 Å².